The van der Waals surface area contributed by atoms with Crippen LogP contribution in [0.2, 0.25) is 5.22 Å². The number of amides is 2. The largest absolute Gasteiger partial charge is 0.490 e. The first kappa shape index (κ1) is 16.6. The van der Waals surface area contributed by atoms with Gasteiger partial charge in [-0.25, -0.2) is 4.79 Å². The standard InChI is InChI=1S/C20H14ClN3O5/c21-17-4-3-11(29-17)8-24-13-2-1-5-22-18(13)20(23-19(24)25)9-26-14-7-16-15(6-12(14)20)27-10-28-16/h1-7H,8-10H2,(H,23,25). The van der Waals surface area contributed by atoms with E-state index in [1.807, 2.05) is 12.1 Å². The molecule has 1 aromatic carbocycles. The zero-order chi connectivity index (χ0) is 19.6. The number of aromatic nitrogens is 1. The molecule has 1 spiro atoms. The molecule has 1 unspecified atom stereocenters. The fourth-order valence-corrected chi connectivity index (χ4v) is 4.21. The van der Waals surface area contributed by atoms with Crippen LogP contribution in [0.15, 0.2) is 47.0 Å². The second kappa shape index (κ2) is 5.81. The third kappa shape index (κ3) is 2.32. The summed E-state index contributed by atoms with van der Waals surface area (Å²) in [6, 6.07) is 10.4. The van der Waals surface area contributed by atoms with Gasteiger partial charge in [0.15, 0.2) is 16.7 Å². The SMILES string of the molecule is O=C1NC2(COc3cc4c(cc32)OCO4)c2ncccc2N1Cc1ccc(Cl)o1. The van der Waals surface area contributed by atoms with Gasteiger partial charge in [-0.15, -0.1) is 0 Å². The number of furan rings is 1. The average Bonchev–Trinajstić information content (AvgIpc) is 3.43. The predicted molar refractivity (Wildman–Crippen MR) is 102 cm³/mol. The molecule has 1 atom stereocenters. The molecule has 0 saturated heterocycles. The normalized spacial score (nSPS) is 21.0. The van der Waals surface area contributed by atoms with Gasteiger partial charge in [-0.1, -0.05) is 0 Å². The van der Waals surface area contributed by atoms with Gasteiger partial charge < -0.3 is 23.9 Å². The van der Waals surface area contributed by atoms with Crippen LogP contribution in [0.1, 0.15) is 17.0 Å². The highest BCUT2D eigenvalue weighted by Gasteiger charge is 2.51. The van der Waals surface area contributed by atoms with E-state index in [9.17, 15) is 4.79 Å². The quantitative estimate of drug-likeness (QED) is 0.695. The summed E-state index contributed by atoms with van der Waals surface area (Å²) < 4.78 is 22.3. The van der Waals surface area contributed by atoms with Crippen molar-refractivity contribution >= 4 is 23.3 Å². The predicted octanol–water partition coefficient (Wildman–Crippen LogP) is 3.42. The number of fused-ring (bicyclic) bond motifs is 5. The first-order valence-electron chi connectivity index (χ1n) is 9.00. The summed E-state index contributed by atoms with van der Waals surface area (Å²) in [5, 5.41) is 3.37. The van der Waals surface area contributed by atoms with Crippen LogP contribution in [-0.2, 0) is 12.1 Å². The van der Waals surface area contributed by atoms with Crippen molar-refractivity contribution in [1.29, 1.82) is 0 Å². The average molecular weight is 412 g/mol. The second-order valence-corrected chi connectivity index (χ2v) is 7.36. The third-order valence-electron chi connectivity index (χ3n) is 5.37. The molecule has 9 heteroatoms. The van der Waals surface area contributed by atoms with E-state index in [1.165, 1.54) is 0 Å². The van der Waals surface area contributed by atoms with Crippen LogP contribution in [-0.4, -0.2) is 24.4 Å². The first-order valence-corrected chi connectivity index (χ1v) is 9.38. The van der Waals surface area contributed by atoms with Crippen LogP contribution in [0.4, 0.5) is 10.5 Å². The van der Waals surface area contributed by atoms with E-state index in [4.69, 9.17) is 30.2 Å². The number of carbonyl (C=O) groups excluding carboxylic acids is 1. The number of carbonyl (C=O) groups is 1. The number of ether oxygens (including phenoxy) is 3. The maximum absolute atomic E-state index is 13.2. The summed E-state index contributed by atoms with van der Waals surface area (Å²) in [5.74, 6) is 2.45. The fourth-order valence-electron chi connectivity index (χ4n) is 4.05. The zero-order valence-corrected chi connectivity index (χ0v) is 15.7. The molecule has 3 aromatic rings. The van der Waals surface area contributed by atoms with E-state index in [0.29, 0.717) is 34.4 Å². The van der Waals surface area contributed by atoms with E-state index in [2.05, 4.69) is 10.3 Å². The first-order chi connectivity index (χ1) is 14.1. The van der Waals surface area contributed by atoms with Gasteiger partial charge in [0.05, 0.1) is 17.9 Å². The maximum atomic E-state index is 13.2. The molecule has 8 nitrogen and oxygen atoms in total. The highest BCUT2D eigenvalue weighted by molar-refractivity contribution is 6.28. The summed E-state index contributed by atoms with van der Waals surface area (Å²) in [6.07, 6.45) is 1.70. The lowest BCUT2D eigenvalue weighted by Crippen LogP contribution is -2.58. The Bertz CT molecular complexity index is 1160. The van der Waals surface area contributed by atoms with Crippen molar-refractivity contribution < 1.29 is 23.4 Å². The minimum atomic E-state index is -0.915. The number of benzene rings is 1. The van der Waals surface area contributed by atoms with E-state index in [1.54, 1.807) is 35.4 Å². The zero-order valence-electron chi connectivity index (χ0n) is 15.0. The molecular weight excluding hydrogens is 398 g/mol. The Hall–Kier alpha value is -3.39. The van der Waals surface area contributed by atoms with E-state index >= 15 is 0 Å². The highest BCUT2D eigenvalue weighted by atomic mass is 35.5. The molecule has 3 aliphatic heterocycles. The van der Waals surface area contributed by atoms with Gasteiger partial charge in [0.1, 0.15) is 23.7 Å². The van der Waals surface area contributed by atoms with E-state index < -0.39 is 5.54 Å². The van der Waals surface area contributed by atoms with Gasteiger partial charge in [-0.05, 0) is 41.9 Å². The molecule has 0 bridgehead atoms. The number of nitrogens with one attached hydrogen (secondary N) is 1. The Morgan fingerprint density at radius 2 is 2.00 bits per heavy atom. The topological polar surface area (TPSA) is 86.1 Å². The van der Waals surface area contributed by atoms with Gasteiger partial charge >= 0.3 is 6.03 Å². The second-order valence-electron chi connectivity index (χ2n) is 6.99. The van der Waals surface area contributed by atoms with Crippen LogP contribution < -0.4 is 24.4 Å². The molecule has 6 rings (SSSR count). The molecule has 2 aromatic heterocycles. The van der Waals surface area contributed by atoms with E-state index in [-0.39, 0.29) is 31.2 Å². The number of halogens is 1. The maximum Gasteiger partial charge on any atom is 0.323 e. The number of pyridine rings is 1. The molecular formula is C20H14ClN3O5. The molecule has 0 radical (unpaired) electrons. The van der Waals surface area contributed by atoms with Crippen molar-refractivity contribution in [2.45, 2.75) is 12.1 Å². The minimum absolute atomic E-state index is 0.159. The van der Waals surface area contributed by atoms with Gasteiger partial charge in [0.2, 0.25) is 6.79 Å². The van der Waals surface area contributed by atoms with Crippen LogP contribution >= 0.6 is 11.6 Å². The monoisotopic (exact) mass is 411 g/mol. The fraction of sp³-hybridized carbons (Fsp3) is 0.200. The lowest BCUT2D eigenvalue weighted by Gasteiger charge is -2.39. The summed E-state index contributed by atoms with van der Waals surface area (Å²) >= 11 is 5.88. The van der Waals surface area contributed by atoms with Crippen molar-refractivity contribution in [2.75, 3.05) is 18.3 Å². The van der Waals surface area contributed by atoms with Crippen molar-refractivity contribution in [1.82, 2.24) is 10.3 Å². The number of nitrogens with zero attached hydrogens (tertiary/aromatic N) is 2. The van der Waals surface area contributed by atoms with Crippen LogP contribution in [0, 0.1) is 0 Å². The molecule has 0 aliphatic carbocycles. The Morgan fingerprint density at radius 3 is 2.83 bits per heavy atom. The third-order valence-corrected chi connectivity index (χ3v) is 5.57. The van der Waals surface area contributed by atoms with Crippen molar-refractivity contribution in [2.24, 2.45) is 0 Å². The molecule has 2 amide bonds. The Balaban J connectivity index is 1.48. The Labute approximate surface area is 169 Å². The van der Waals surface area contributed by atoms with Gasteiger partial charge in [0.25, 0.3) is 0 Å². The lowest BCUT2D eigenvalue weighted by molar-refractivity contribution is 0.173. The van der Waals surface area contributed by atoms with Crippen LogP contribution in [0.25, 0.3) is 0 Å². The van der Waals surface area contributed by atoms with Crippen molar-refractivity contribution in [3.05, 3.63) is 64.8 Å². The van der Waals surface area contributed by atoms with Crippen LogP contribution in [0.3, 0.4) is 0 Å². The molecule has 29 heavy (non-hydrogen) atoms. The Kier molecular flexibility index (Phi) is 3.31. The lowest BCUT2D eigenvalue weighted by atomic mass is 9.85. The number of hydrogen-bond donors (Lipinski definition) is 1. The molecule has 146 valence electrons. The molecule has 3 aliphatic rings. The minimum Gasteiger partial charge on any atom is -0.490 e. The number of hydrogen-bond acceptors (Lipinski definition) is 6. The Morgan fingerprint density at radius 1 is 1.14 bits per heavy atom. The molecule has 0 saturated carbocycles. The number of rotatable bonds is 2. The highest BCUT2D eigenvalue weighted by Crippen LogP contribution is 2.50. The summed E-state index contributed by atoms with van der Waals surface area (Å²) in [6.45, 7) is 0.607. The molecule has 1 N–H and O–H groups in total. The van der Waals surface area contributed by atoms with E-state index in [0.717, 1.165) is 5.56 Å². The number of anilines is 1. The number of urea groups is 1. The van der Waals surface area contributed by atoms with Crippen molar-refractivity contribution in [3.8, 4) is 17.2 Å². The van der Waals surface area contributed by atoms with Gasteiger partial charge in [-0.2, -0.15) is 0 Å². The molecule has 0 fully saturated rings. The van der Waals surface area contributed by atoms with Gasteiger partial charge in [-0.3, -0.25) is 9.88 Å². The summed E-state index contributed by atoms with van der Waals surface area (Å²) in [7, 11) is 0. The summed E-state index contributed by atoms with van der Waals surface area (Å²) in [5.41, 5.74) is 1.24. The summed E-state index contributed by atoms with van der Waals surface area (Å²) in [4.78, 5) is 19.4. The van der Waals surface area contributed by atoms with Crippen LogP contribution in [0.5, 0.6) is 17.2 Å². The smallest absolute Gasteiger partial charge is 0.323 e. The van der Waals surface area contributed by atoms with Gasteiger partial charge in [0, 0.05) is 17.8 Å². The molecule has 5 heterocycles. The van der Waals surface area contributed by atoms with Crippen molar-refractivity contribution in [3.63, 3.8) is 0 Å².